The number of hydrogen-bond donors (Lipinski definition) is 3. The van der Waals surface area contributed by atoms with Crippen molar-refractivity contribution in [2.24, 2.45) is 5.92 Å². The molecule has 0 aliphatic carbocycles. The quantitative estimate of drug-likeness (QED) is 0.496. The fourth-order valence-electron chi connectivity index (χ4n) is 3.66. The van der Waals surface area contributed by atoms with Crippen molar-refractivity contribution in [1.82, 2.24) is 20.2 Å². The molecule has 1 fully saturated rings. The Bertz CT molecular complexity index is 1070. The molecular formula is C21H28F3N7O4S. The number of hydrogen-bond acceptors (Lipinski definition) is 10. The number of fused-ring (bicyclic) bond motifs is 1. The number of nitrogens with one attached hydrogen (secondary N) is 1. The van der Waals surface area contributed by atoms with Gasteiger partial charge in [-0.15, -0.1) is 0 Å². The lowest BCUT2D eigenvalue weighted by Crippen LogP contribution is -2.47. The zero-order chi connectivity index (χ0) is 26.5. The summed E-state index contributed by atoms with van der Waals surface area (Å²) >= 11 is 0. The van der Waals surface area contributed by atoms with Crippen LogP contribution in [0.15, 0.2) is 23.4 Å². The molecular weight excluding hydrogens is 503 g/mol. The first-order valence-electron chi connectivity index (χ1n) is 11.2. The summed E-state index contributed by atoms with van der Waals surface area (Å²) in [5.41, 5.74) is 1.92. The van der Waals surface area contributed by atoms with E-state index in [0.29, 0.717) is 28.8 Å². The van der Waals surface area contributed by atoms with Crippen molar-refractivity contribution >= 4 is 34.2 Å². The molecule has 1 saturated heterocycles. The lowest BCUT2D eigenvalue weighted by atomic mass is 10.1. The first-order valence-corrected chi connectivity index (χ1v) is 12.6. The minimum absolute atomic E-state index is 0.00292. The molecule has 0 bridgehead atoms. The fraction of sp³-hybridized carbons (Fsp3) is 0.571. The van der Waals surface area contributed by atoms with Crippen LogP contribution in [0, 0.1) is 5.92 Å². The third kappa shape index (κ3) is 6.78. The molecule has 4 heterocycles. The van der Waals surface area contributed by atoms with E-state index in [9.17, 15) is 22.5 Å². The maximum absolute atomic E-state index is 12.5. The number of aliphatic hydroxyl groups excluding tert-OH is 1. The van der Waals surface area contributed by atoms with Crippen LogP contribution in [-0.2, 0) is 22.0 Å². The molecule has 0 spiro atoms. The Balaban J connectivity index is 0.000000454. The van der Waals surface area contributed by atoms with E-state index in [1.165, 1.54) is 0 Å². The number of aryl methyl sites for hydroxylation is 1. The van der Waals surface area contributed by atoms with Crippen LogP contribution >= 0.6 is 0 Å². The van der Waals surface area contributed by atoms with Crippen molar-refractivity contribution < 1.29 is 32.4 Å². The fourth-order valence-corrected chi connectivity index (χ4v) is 4.97. The van der Waals surface area contributed by atoms with Gasteiger partial charge < -0.3 is 25.3 Å². The molecule has 3 N–H and O–H groups in total. The Hall–Kier alpha value is -3.07. The van der Waals surface area contributed by atoms with E-state index >= 15 is 0 Å². The molecule has 15 heteroatoms. The number of carboxylic acid groups (broad SMARTS) is 1. The van der Waals surface area contributed by atoms with Gasteiger partial charge in [-0.1, -0.05) is 13.8 Å². The molecule has 36 heavy (non-hydrogen) atoms. The summed E-state index contributed by atoms with van der Waals surface area (Å²) in [6.45, 7) is 7.34. The number of aliphatic hydroxyl groups is 1. The smallest absolute Gasteiger partial charge is 0.475 e. The van der Waals surface area contributed by atoms with Gasteiger partial charge in [0.25, 0.3) is 0 Å². The normalized spacial score (nSPS) is 18.4. The predicted octanol–water partition coefficient (Wildman–Crippen LogP) is 1.32. The molecule has 0 amide bonds. The molecule has 2 atom stereocenters. The number of piperazine rings is 1. The van der Waals surface area contributed by atoms with E-state index in [1.54, 1.807) is 12.4 Å². The third-order valence-corrected chi connectivity index (χ3v) is 7.20. The summed E-state index contributed by atoms with van der Waals surface area (Å²) in [4.78, 5) is 23.5. The molecule has 2 aromatic rings. The van der Waals surface area contributed by atoms with Gasteiger partial charge in [-0.25, -0.2) is 9.78 Å². The summed E-state index contributed by atoms with van der Waals surface area (Å²) in [6, 6.07) is 1.82. The summed E-state index contributed by atoms with van der Waals surface area (Å²) in [6.07, 6.45) is -0.907. The minimum Gasteiger partial charge on any atom is -0.475 e. The second-order valence-electron chi connectivity index (χ2n) is 8.50. The van der Waals surface area contributed by atoms with Gasteiger partial charge >= 0.3 is 12.1 Å². The molecule has 1 unspecified atom stereocenters. The van der Waals surface area contributed by atoms with Crippen LogP contribution in [0.25, 0.3) is 0 Å². The highest BCUT2D eigenvalue weighted by Crippen LogP contribution is 2.31. The topological polar surface area (TPSA) is 145 Å². The van der Waals surface area contributed by atoms with Crippen molar-refractivity contribution in [2.75, 3.05) is 53.7 Å². The van der Waals surface area contributed by atoms with Gasteiger partial charge in [-0.05, 0) is 12.0 Å². The Kier molecular flexibility index (Phi) is 9.00. The number of carboxylic acids is 1. The van der Waals surface area contributed by atoms with Crippen LogP contribution in [0.4, 0.5) is 30.6 Å². The highest BCUT2D eigenvalue weighted by molar-refractivity contribution is 7.85. The van der Waals surface area contributed by atoms with Crippen LogP contribution in [0.5, 0.6) is 0 Å². The molecule has 0 saturated carbocycles. The van der Waals surface area contributed by atoms with Crippen molar-refractivity contribution in [3.05, 3.63) is 24.2 Å². The summed E-state index contributed by atoms with van der Waals surface area (Å²) in [5, 5.41) is 28.0. The third-order valence-electron chi connectivity index (χ3n) is 5.74. The van der Waals surface area contributed by atoms with Crippen LogP contribution in [0.2, 0.25) is 0 Å². The average molecular weight is 532 g/mol. The lowest BCUT2D eigenvalue weighted by molar-refractivity contribution is -0.192. The number of halogens is 3. The molecule has 2 aliphatic heterocycles. The van der Waals surface area contributed by atoms with Gasteiger partial charge in [0, 0.05) is 38.4 Å². The molecule has 2 aliphatic rings. The van der Waals surface area contributed by atoms with E-state index in [2.05, 4.69) is 25.3 Å². The maximum atomic E-state index is 12.5. The number of carbonyl (C=O) groups is 1. The van der Waals surface area contributed by atoms with Crippen LogP contribution in [0.3, 0.4) is 0 Å². The highest BCUT2D eigenvalue weighted by Gasteiger charge is 2.38. The van der Waals surface area contributed by atoms with Gasteiger partial charge in [0.1, 0.15) is 10.7 Å². The van der Waals surface area contributed by atoms with Gasteiger partial charge in [0.2, 0.25) is 5.95 Å². The molecule has 0 radical (unpaired) electrons. The minimum atomic E-state index is -5.08. The largest absolute Gasteiger partial charge is 0.490 e. The number of aromatic nitrogens is 4. The highest BCUT2D eigenvalue weighted by atomic mass is 32.2. The second kappa shape index (κ2) is 11.8. The van der Waals surface area contributed by atoms with E-state index in [0.717, 1.165) is 37.6 Å². The van der Waals surface area contributed by atoms with Crippen molar-refractivity contribution in [3.8, 4) is 0 Å². The van der Waals surface area contributed by atoms with Crippen molar-refractivity contribution in [2.45, 2.75) is 37.4 Å². The SMILES string of the molecule is CC(C)[C@H](CO)Nc1nc(N2CCN(c3ccnnc3)CC2)nc2c1S(=O)CC2.O=C(O)C(F)(F)F. The van der Waals surface area contributed by atoms with E-state index in [-0.39, 0.29) is 18.6 Å². The van der Waals surface area contributed by atoms with Gasteiger partial charge in [0.15, 0.2) is 0 Å². The first kappa shape index (κ1) is 27.5. The first-order chi connectivity index (χ1) is 17.0. The summed E-state index contributed by atoms with van der Waals surface area (Å²) in [7, 11) is -1.09. The Morgan fingerprint density at radius 1 is 1.17 bits per heavy atom. The monoisotopic (exact) mass is 531 g/mol. The van der Waals surface area contributed by atoms with Crippen LogP contribution in [0.1, 0.15) is 19.5 Å². The molecule has 2 aromatic heterocycles. The van der Waals surface area contributed by atoms with Crippen LogP contribution in [-0.4, -0.2) is 91.3 Å². The van der Waals surface area contributed by atoms with Crippen molar-refractivity contribution in [1.29, 1.82) is 0 Å². The van der Waals surface area contributed by atoms with E-state index in [4.69, 9.17) is 19.9 Å². The van der Waals surface area contributed by atoms with Gasteiger partial charge in [0.05, 0.1) is 47.2 Å². The zero-order valence-corrected chi connectivity index (χ0v) is 20.6. The van der Waals surface area contributed by atoms with E-state index in [1.807, 2.05) is 19.9 Å². The van der Waals surface area contributed by atoms with Crippen molar-refractivity contribution in [3.63, 3.8) is 0 Å². The standard InChI is InChI=1S/C19H27N7O2S.C2HF3O2/c1-13(2)16(12-27)22-18-17-15(4-10-29(17)28)23-19(24-18)26-8-6-25(7-9-26)14-3-5-20-21-11-14;3-2(4,5)1(6)7/h3,5,11,13,16,27H,4,6-10,12H2,1-2H3,(H,22,23,24);(H,6,7)/t16-,29?;/m0./s1. The number of rotatable bonds is 6. The molecule has 11 nitrogen and oxygen atoms in total. The summed E-state index contributed by atoms with van der Waals surface area (Å²) < 4.78 is 44.2. The summed E-state index contributed by atoms with van der Waals surface area (Å²) in [5.74, 6) is -0.683. The Morgan fingerprint density at radius 3 is 2.33 bits per heavy atom. The number of alkyl halides is 3. The predicted molar refractivity (Wildman–Crippen MR) is 126 cm³/mol. The number of anilines is 3. The molecule has 4 rings (SSSR count). The average Bonchev–Trinajstić information content (AvgIpc) is 3.23. The maximum Gasteiger partial charge on any atom is 0.490 e. The van der Waals surface area contributed by atoms with Gasteiger partial charge in [-0.2, -0.15) is 28.4 Å². The number of aliphatic carboxylic acids is 1. The van der Waals surface area contributed by atoms with Crippen LogP contribution < -0.4 is 15.1 Å². The Labute approximate surface area is 208 Å². The van der Waals surface area contributed by atoms with Gasteiger partial charge in [-0.3, -0.25) is 4.21 Å². The number of nitrogens with zero attached hydrogens (tertiary/aromatic N) is 6. The zero-order valence-electron chi connectivity index (χ0n) is 19.8. The molecule has 198 valence electrons. The second-order valence-corrected chi connectivity index (χ2v) is 10.0. The lowest BCUT2D eigenvalue weighted by Gasteiger charge is -2.36. The van der Waals surface area contributed by atoms with E-state index < -0.39 is 22.9 Å². The molecule has 0 aromatic carbocycles. The Morgan fingerprint density at radius 2 is 1.81 bits per heavy atom.